The first kappa shape index (κ1) is 12.5. The lowest BCUT2D eigenvalue weighted by Gasteiger charge is -2.01. The van der Waals surface area contributed by atoms with E-state index >= 15 is 0 Å². The molecule has 0 atom stereocenters. The number of thioether (sulfide) groups is 1. The van der Waals surface area contributed by atoms with E-state index in [1.165, 1.54) is 11.3 Å². The van der Waals surface area contributed by atoms with Crippen molar-refractivity contribution in [3.05, 3.63) is 16.3 Å². The van der Waals surface area contributed by atoms with E-state index in [2.05, 4.69) is 23.9 Å². The fraction of sp³-hybridized carbons (Fsp3) is 0.300. The fourth-order valence-corrected chi connectivity index (χ4v) is 2.47. The lowest BCUT2D eigenvalue weighted by molar-refractivity contribution is 0.0960. The molecule has 15 heavy (non-hydrogen) atoms. The molecule has 0 aliphatic heterocycles. The summed E-state index contributed by atoms with van der Waals surface area (Å²) in [6, 6.07) is 1.76. The van der Waals surface area contributed by atoms with Gasteiger partial charge in [0, 0.05) is 22.6 Å². The van der Waals surface area contributed by atoms with E-state index in [9.17, 15) is 4.79 Å². The SMILES string of the molecule is C#CCSCCNC(=O)c1cc(S)cs1. The Morgan fingerprint density at radius 1 is 1.73 bits per heavy atom. The van der Waals surface area contributed by atoms with E-state index in [0.717, 1.165) is 10.6 Å². The minimum absolute atomic E-state index is 0.0402. The number of carbonyl (C=O) groups excluding carboxylic acids is 1. The maximum absolute atomic E-state index is 11.5. The third-order valence-corrected chi connectivity index (χ3v) is 3.75. The number of hydrogen-bond acceptors (Lipinski definition) is 4. The highest BCUT2D eigenvalue weighted by Gasteiger charge is 2.06. The van der Waals surface area contributed by atoms with Gasteiger partial charge in [-0.05, 0) is 6.07 Å². The highest BCUT2D eigenvalue weighted by atomic mass is 32.2. The minimum Gasteiger partial charge on any atom is -0.351 e. The van der Waals surface area contributed by atoms with Crippen molar-refractivity contribution < 1.29 is 4.79 Å². The number of thiophene rings is 1. The number of thiol groups is 1. The van der Waals surface area contributed by atoms with Crippen LogP contribution in [0.25, 0.3) is 0 Å². The van der Waals surface area contributed by atoms with Crippen molar-refractivity contribution in [2.45, 2.75) is 4.90 Å². The summed E-state index contributed by atoms with van der Waals surface area (Å²) < 4.78 is 0. The lowest BCUT2D eigenvalue weighted by atomic mass is 10.4. The first-order chi connectivity index (χ1) is 7.24. The van der Waals surface area contributed by atoms with Crippen molar-refractivity contribution in [1.82, 2.24) is 5.32 Å². The summed E-state index contributed by atoms with van der Waals surface area (Å²) >= 11 is 7.17. The largest absolute Gasteiger partial charge is 0.351 e. The van der Waals surface area contributed by atoms with Gasteiger partial charge in [0.25, 0.3) is 5.91 Å². The van der Waals surface area contributed by atoms with Crippen molar-refractivity contribution in [3.8, 4) is 12.3 Å². The van der Waals surface area contributed by atoms with Gasteiger partial charge < -0.3 is 5.32 Å². The van der Waals surface area contributed by atoms with E-state index in [1.54, 1.807) is 17.8 Å². The summed E-state index contributed by atoms with van der Waals surface area (Å²) in [5.74, 6) is 4.03. The Hall–Kier alpha value is -0.570. The molecule has 5 heteroatoms. The van der Waals surface area contributed by atoms with Gasteiger partial charge in [-0.2, -0.15) is 0 Å². The third-order valence-electron chi connectivity index (χ3n) is 1.53. The Labute approximate surface area is 103 Å². The molecule has 0 bridgehead atoms. The Bertz CT molecular complexity index is 367. The van der Waals surface area contributed by atoms with E-state index in [4.69, 9.17) is 6.42 Å². The van der Waals surface area contributed by atoms with Crippen molar-refractivity contribution in [2.24, 2.45) is 0 Å². The highest BCUT2D eigenvalue weighted by Crippen LogP contribution is 2.17. The molecule has 1 amide bonds. The zero-order valence-corrected chi connectivity index (χ0v) is 10.6. The molecule has 1 N–H and O–H groups in total. The summed E-state index contributed by atoms with van der Waals surface area (Å²) in [6.07, 6.45) is 5.10. The van der Waals surface area contributed by atoms with Crippen LogP contribution in [0.4, 0.5) is 0 Å². The van der Waals surface area contributed by atoms with Gasteiger partial charge in [-0.15, -0.1) is 42.2 Å². The van der Waals surface area contributed by atoms with E-state index in [0.29, 0.717) is 17.2 Å². The van der Waals surface area contributed by atoms with E-state index < -0.39 is 0 Å². The Balaban J connectivity index is 2.23. The van der Waals surface area contributed by atoms with Crippen LogP contribution in [0.1, 0.15) is 9.67 Å². The average molecular weight is 257 g/mol. The van der Waals surface area contributed by atoms with Crippen LogP contribution >= 0.6 is 35.7 Å². The number of nitrogens with one attached hydrogen (secondary N) is 1. The monoisotopic (exact) mass is 257 g/mol. The number of rotatable bonds is 5. The van der Waals surface area contributed by atoms with Crippen LogP contribution < -0.4 is 5.32 Å². The van der Waals surface area contributed by atoms with Crippen LogP contribution in [-0.2, 0) is 0 Å². The second-order valence-electron chi connectivity index (χ2n) is 2.68. The standard InChI is InChI=1S/C10H11NOS3/c1-2-4-14-5-3-11-10(12)9-6-8(13)7-15-9/h1,6-7,13H,3-5H2,(H,11,12). The van der Waals surface area contributed by atoms with Crippen LogP contribution in [-0.4, -0.2) is 24.0 Å². The first-order valence-electron chi connectivity index (χ1n) is 4.31. The van der Waals surface area contributed by atoms with Crippen molar-refractivity contribution in [2.75, 3.05) is 18.1 Å². The van der Waals surface area contributed by atoms with Gasteiger partial charge in [0.15, 0.2) is 0 Å². The quantitative estimate of drug-likeness (QED) is 0.481. The molecule has 80 valence electrons. The molecule has 0 aliphatic rings. The van der Waals surface area contributed by atoms with Crippen LogP contribution in [0.3, 0.4) is 0 Å². The second-order valence-corrected chi connectivity index (χ2v) is 5.21. The molecule has 1 rings (SSSR count). The molecular formula is C10H11NOS3. The maximum atomic E-state index is 11.5. The minimum atomic E-state index is -0.0402. The topological polar surface area (TPSA) is 29.1 Å². The van der Waals surface area contributed by atoms with Crippen LogP contribution in [0.5, 0.6) is 0 Å². The zero-order chi connectivity index (χ0) is 11.1. The Morgan fingerprint density at radius 3 is 3.13 bits per heavy atom. The predicted molar refractivity (Wildman–Crippen MR) is 70.1 cm³/mol. The molecule has 1 aromatic heterocycles. The molecule has 0 radical (unpaired) electrons. The van der Waals surface area contributed by atoms with Crippen molar-refractivity contribution in [1.29, 1.82) is 0 Å². The molecular weight excluding hydrogens is 246 g/mol. The van der Waals surface area contributed by atoms with Crippen LogP contribution in [0.15, 0.2) is 16.3 Å². The number of terminal acetylenes is 1. The zero-order valence-electron chi connectivity index (χ0n) is 8.03. The van der Waals surface area contributed by atoms with E-state index in [-0.39, 0.29) is 5.91 Å². The lowest BCUT2D eigenvalue weighted by Crippen LogP contribution is -2.24. The van der Waals surface area contributed by atoms with Gasteiger partial charge in [0.1, 0.15) is 0 Å². The van der Waals surface area contributed by atoms with Gasteiger partial charge in [0.2, 0.25) is 0 Å². The van der Waals surface area contributed by atoms with Gasteiger partial charge >= 0.3 is 0 Å². The number of amides is 1. The van der Waals surface area contributed by atoms with Gasteiger partial charge in [-0.1, -0.05) is 5.92 Å². The molecule has 0 saturated heterocycles. The maximum Gasteiger partial charge on any atom is 0.261 e. The first-order valence-corrected chi connectivity index (χ1v) is 6.79. The average Bonchev–Trinajstić information content (AvgIpc) is 2.64. The van der Waals surface area contributed by atoms with Crippen molar-refractivity contribution in [3.63, 3.8) is 0 Å². The molecule has 0 unspecified atom stereocenters. The summed E-state index contributed by atoms with van der Waals surface area (Å²) in [5.41, 5.74) is 0. The molecule has 1 heterocycles. The van der Waals surface area contributed by atoms with Crippen LogP contribution in [0.2, 0.25) is 0 Å². The fourth-order valence-electron chi connectivity index (χ4n) is 0.900. The molecule has 0 aliphatic carbocycles. The number of carbonyl (C=O) groups is 1. The summed E-state index contributed by atoms with van der Waals surface area (Å²) in [6.45, 7) is 0.644. The van der Waals surface area contributed by atoms with Gasteiger partial charge in [0.05, 0.1) is 10.6 Å². The summed E-state index contributed by atoms with van der Waals surface area (Å²) in [5, 5.41) is 4.66. The Morgan fingerprint density at radius 2 is 2.53 bits per heavy atom. The molecule has 0 saturated carbocycles. The molecule has 0 spiro atoms. The molecule has 0 aromatic carbocycles. The van der Waals surface area contributed by atoms with Gasteiger partial charge in [-0.25, -0.2) is 0 Å². The normalized spacial score (nSPS) is 9.60. The van der Waals surface area contributed by atoms with Crippen molar-refractivity contribution >= 4 is 41.6 Å². The molecule has 0 fully saturated rings. The molecule has 2 nitrogen and oxygen atoms in total. The van der Waals surface area contributed by atoms with Gasteiger partial charge in [-0.3, -0.25) is 4.79 Å². The summed E-state index contributed by atoms with van der Waals surface area (Å²) in [4.78, 5) is 13.0. The predicted octanol–water partition coefficient (Wildman–Crippen LogP) is 2.13. The molecule has 1 aromatic rings. The smallest absolute Gasteiger partial charge is 0.261 e. The number of hydrogen-bond donors (Lipinski definition) is 2. The van der Waals surface area contributed by atoms with E-state index in [1.807, 2.05) is 5.38 Å². The van der Waals surface area contributed by atoms with Crippen LogP contribution in [0, 0.1) is 12.3 Å². The Kier molecular flexibility index (Phi) is 5.69. The highest BCUT2D eigenvalue weighted by molar-refractivity contribution is 7.99. The third kappa shape index (κ3) is 4.65. The summed E-state index contributed by atoms with van der Waals surface area (Å²) in [7, 11) is 0. The second kappa shape index (κ2) is 6.83.